The number of hydrogen-bond acceptors (Lipinski definition) is 5. The zero-order chi connectivity index (χ0) is 19.7. The van der Waals surface area contributed by atoms with Crippen LogP contribution in [0.4, 0.5) is 0 Å². The highest BCUT2D eigenvalue weighted by Gasteiger charge is 2.31. The number of rotatable bonds is 4. The number of amides is 1. The van der Waals surface area contributed by atoms with Crippen molar-refractivity contribution in [2.45, 2.75) is 32.7 Å². The fraction of sp³-hybridized carbons (Fsp3) is 0.318. The molecule has 144 valence electrons. The predicted octanol–water partition coefficient (Wildman–Crippen LogP) is 4.34. The number of carbonyl (C=O) groups is 1. The second kappa shape index (κ2) is 7.46. The number of hydrogen-bond donors (Lipinski definition) is 0. The molecule has 3 heterocycles. The molecule has 0 saturated carbocycles. The van der Waals surface area contributed by atoms with Gasteiger partial charge in [0.1, 0.15) is 11.5 Å². The molecule has 1 aromatic carbocycles. The maximum atomic E-state index is 13.1. The van der Waals surface area contributed by atoms with Gasteiger partial charge in [-0.15, -0.1) is 0 Å². The van der Waals surface area contributed by atoms with Crippen LogP contribution in [0.15, 0.2) is 47.1 Å². The van der Waals surface area contributed by atoms with Gasteiger partial charge < -0.3 is 14.2 Å². The quantitative estimate of drug-likeness (QED) is 0.676. The van der Waals surface area contributed by atoms with E-state index >= 15 is 0 Å². The third kappa shape index (κ3) is 3.26. The van der Waals surface area contributed by atoms with Crippen molar-refractivity contribution in [3.63, 3.8) is 0 Å². The van der Waals surface area contributed by atoms with Gasteiger partial charge in [-0.05, 0) is 51.0 Å². The van der Waals surface area contributed by atoms with E-state index in [-0.39, 0.29) is 11.9 Å². The summed E-state index contributed by atoms with van der Waals surface area (Å²) in [4.78, 5) is 19.6. The summed E-state index contributed by atoms with van der Waals surface area (Å²) < 4.78 is 10.5. The Morgan fingerprint density at radius 3 is 2.79 bits per heavy atom. The molecule has 3 aromatic rings. The summed E-state index contributed by atoms with van der Waals surface area (Å²) in [5.74, 6) is 1.48. The van der Waals surface area contributed by atoms with Gasteiger partial charge >= 0.3 is 0 Å². The fourth-order valence-electron chi connectivity index (χ4n) is 3.88. The molecule has 1 saturated heterocycles. The van der Waals surface area contributed by atoms with Crippen molar-refractivity contribution < 1.29 is 14.1 Å². The third-order valence-electron chi connectivity index (χ3n) is 5.28. The molecule has 1 amide bonds. The van der Waals surface area contributed by atoms with Gasteiger partial charge in [0, 0.05) is 29.4 Å². The SMILES string of the molecule is COc1cccc(C(=O)N2CCC[C@@H]2c2ccc(-c3c(C)noc3C)cn2)c1. The first-order chi connectivity index (χ1) is 13.6. The molecule has 6 nitrogen and oxygen atoms in total. The summed E-state index contributed by atoms with van der Waals surface area (Å²) in [7, 11) is 1.60. The Labute approximate surface area is 164 Å². The first-order valence-corrected chi connectivity index (χ1v) is 9.42. The lowest BCUT2D eigenvalue weighted by atomic mass is 10.0. The van der Waals surface area contributed by atoms with Crippen LogP contribution in [0, 0.1) is 13.8 Å². The van der Waals surface area contributed by atoms with Crippen molar-refractivity contribution in [1.82, 2.24) is 15.0 Å². The van der Waals surface area contributed by atoms with Crippen molar-refractivity contribution in [1.29, 1.82) is 0 Å². The van der Waals surface area contributed by atoms with Gasteiger partial charge in [-0.1, -0.05) is 17.3 Å². The Morgan fingerprint density at radius 2 is 2.11 bits per heavy atom. The molecule has 1 aliphatic heterocycles. The van der Waals surface area contributed by atoms with Crippen LogP contribution in [0.5, 0.6) is 5.75 Å². The monoisotopic (exact) mass is 377 g/mol. The molecule has 0 N–H and O–H groups in total. The lowest BCUT2D eigenvalue weighted by molar-refractivity contribution is 0.0732. The first kappa shape index (κ1) is 18.2. The topological polar surface area (TPSA) is 68.5 Å². The minimum atomic E-state index is -0.0163. The van der Waals surface area contributed by atoms with Crippen LogP contribution in [0.2, 0.25) is 0 Å². The molecule has 0 bridgehead atoms. The lowest BCUT2D eigenvalue weighted by Gasteiger charge is -2.24. The van der Waals surface area contributed by atoms with Crippen LogP contribution in [0.25, 0.3) is 11.1 Å². The molecular formula is C22H23N3O3. The molecule has 1 aliphatic rings. The maximum Gasteiger partial charge on any atom is 0.254 e. The van der Waals surface area contributed by atoms with Gasteiger partial charge in [-0.25, -0.2) is 0 Å². The Balaban J connectivity index is 1.59. The highest BCUT2D eigenvalue weighted by molar-refractivity contribution is 5.95. The zero-order valence-corrected chi connectivity index (χ0v) is 16.3. The summed E-state index contributed by atoms with van der Waals surface area (Å²) in [6, 6.07) is 11.3. The van der Waals surface area contributed by atoms with Crippen LogP contribution in [-0.4, -0.2) is 34.6 Å². The molecule has 0 spiro atoms. The molecular weight excluding hydrogens is 354 g/mol. The molecule has 2 aromatic heterocycles. The van der Waals surface area contributed by atoms with E-state index in [4.69, 9.17) is 9.26 Å². The first-order valence-electron chi connectivity index (χ1n) is 9.42. The standard InChI is InChI=1S/C22H23N3O3/c1-14-21(15(2)28-24-14)17-9-10-19(23-13-17)20-8-5-11-25(20)22(26)16-6-4-7-18(12-16)27-3/h4,6-7,9-10,12-13,20H,5,8,11H2,1-3H3/t20-/m1/s1. The number of aryl methyl sites for hydroxylation is 2. The third-order valence-corrected chi connectivity index (χ3v) is 5.28. The number of carbonyl (C=O) groups excluding carboxylic acids is 1. The minimum absolute atomic E-state index is 0.0120. The van der Waals surface area contributed by atoms with E-state index in [1.165, 1.54) is 0 Å². The van der Waals surface area contributed by atoms with Crippen LogP contribution in [0.1, 0.15) is 46.4 Å². The number of likely N-dealkylation sites (tertiary alicyclic amines) is 1. The van der Waals surface area contributed by atoms with Crippen LogP contribution >= 0.6 is 0 Å². The second-order valence-corrected chi connectivity index (χ2v) is 7.06. The molecule has 6 heteroatoms. The Morgan fingerprint density at radius 1 is 1.25 bits per heavy atom. The zero-order valence-electron chi connectivity index (χ0n) is 16.3. The molecule has 28 heavy (non-hydrogen) atoms. The molecule has 0 radical (unpaired) electrons. The van der Waals surface area contributed by atoms with E-state index in [0.29, 0.717) is 11.3 Å². The average Bonchev–Trinajstić information content (AvgIpc) is 3.34. The summed E-state index contributed by atoms with van der Waals surface area (Å²) in [6.07, 6.45) is 3.72. The highest BCUT2D eigenvalue weighted by atomic mass is 16.5. The summed E-state index contributed by atoms with van der Waals surface area (Å²) >= 11 is 0. The number of benzene rings is 1. The van der Waals surface area contributed by atoms with Crippen LogP contribution < -0.4 is 4.74 Å². The van der Waals surface area contributed by atoms with Gasteiger partial charge in [0.2, 0.25) is 0 Å². The van der Waals surface area contributed by atoms with Gasteiger partial charge in [0.05, 0.1) is 24.5 Å². The maximum absolute atomic E-state index is 13.1. The number of nitrogens with zero attached hydrogens (tertiary/aromatic N) is 3. The number of pyridine rings is 1. The Kier molecular flexibility index (Phi) is 4.86. The number of ether oxygens (including phenoxy) is 1. The van der Waals surface area contributed by atoms with Crippen LogP contribution in [-0.2, 0) is 0 Å². The smallest absolute Gasteiger partial charge is 0.254 e. The van der Waals surface area contributed by atoms with Crippen LogP contribution in [0.3, 0.4) is 0 Å². The molecule has 4 rings (SSSR count). The number of methoxy groups -OCH3 is 1. The summed E-state index contributed by atoms with van der Waals surface area (Å²) in [6.45, 7) is 4.55. The molecule has 0 aliphatic carbocycles. The molecule has 0 unspecified atom stereocenters. The highest BCUT2D eigenvalue weighted by Crippen LogP contribution is 2.34. The minimum Gasteiger partial charge on any atom is -0.497 e. The van der Waals surface area contributed by atoms with Gasteiger partial charge in [0.25, 0.3) is 5.91 Å². The van der Waals surface area contributed by atoms with E-state index in [2.05, 4.69) is 10.1 Å². The van der Waals surface area contributed by atoms with Crippen molar-refractivity contribution >= 4 is 5.91 Å². The van der Waals surface area contributed by atoms with E-state index < -0.39 is 0 Å². The molecule has 1 fully saturated rings. The van der Waals surface area contributed by atoms with Crippen molar-refractivity contribution in [2.75, 3.05) is 13.7 Å². The van der Waals surface area contributed by atoms with Gasteiger partial charge in [-0.2, -0.15) is 0 Å². The second-order valence-electron chi connectivity index (χ2n) is 7.06. The average molecular weight is 377 g/mol. The Bertz CT molecular complexity index is 975. The van der Waals surface area contributed by atoms with Crippen molar-refractivity contribution in [2.24, 2.45) is 0 Å². The fourth-order valence-corrected chi connectivity index (χ4v) is 3.88. The van der Waals surface area contributed by atoms with E-state index in [0.717, 1.165) is 47.7 Å². The summed E-state index contributed by atoms with van der Waals surface area (Å²) in [5, 5.41) is 4.01. The largest absolute Gasteiger partial charge is 0.497 e. The van der Waals surface area contributed by atoms with E-state index in [1.54, 1.807) is 13.2 Å². The molecule has 1 atom stereocenters. The summed E-state index contributed by atoms with van der Waals surface area (Å²) in [5.41, 5.74) is 4.35. The van der Waals surface area contributed by atoms with E-state index in [9.17, 15) is 4.79 Å². The lowest BCUT2D eigenvalue weighted by Crippen LogP contribution is -2.31. The number of aromatic nitrogens is 2. The predicted molar refractivity (Wildman–Crippen MR) is 105 cm³/mol. The van der Waals surface area contributed by atoms with Gasteiger partial charge in [-0.3, -0.25) is 9.78 Å². The van der Waals surface area contributed by atoms with Crippen molar-refractivity contribution in [3.05, 3.63) is 65.3 Å². The normalized spacial score (nSPS) is 16.4. The van der Waals surface area contributed by atoms with E-state index in [1.807, 2.05) is 55.3 Å². The Hall–Kier alpha value is -3.15. The van der Waals surface area contributed by atoms with Gasteiger partial charge in [0.15, 0.2) is 0 Å². The van der Waals surface area contributed by atoms with Crippen molar-refractivity contribution in [3.8, 4) is 16.9 Å².